The summed E-state index contributed by atoms with van der Waals surface area (Å²) in [4.78, 5) is 37.2. The molecule has 1 heterocycles. The average Bonchev–Trinajstić information content (AvgIpc) is 2.84. The highest BCUT2D eigenvalue weighted by Gasteiger charge is 2.34. The van der Waals surface area contributed by atoms with E-state index in [1.165, 1.54) is 24.3 Å². The molecule has 1 aliphatic heterocycles. The van der Waals surface area contributed by atoms with E-state index in [0.29, 0.717) is 11.3 Å². The van der Waals surface area contributed by atoms with Gasteiger partial charge in [0, 0.05) is 5.69 Å². The van der Waals surface area contributed by atoms with Crippen molar-refractivity contribution in [3.05, 3.63) is 71.2 Å². The number of benzene rings is 2. The number of nitrogens with zero attached hydrogens (tertiary/aromatic N) is 1. The fourth-order valence-corrected chi connectivity index (χ4v) is 2.46. The van der Waals surface area contributed by atoms with Crippen LogP contribution in [-0.4, -0.2) is 29.3 Å². The number of halogens is 1. The number of anilines is 1. The molecule has 132 valence electrons. The van der Waals surface area contributed by atoms with Crippen LogP contribution in [0.5, 0.6) is 0 Å². The molecule has 3 rings (SSSR count). The molecule has 7 heteroatoms. The molecule has 2 aromatic rings. The Balaban J connectivity index is 1.69. The highest BCUT2D eigenvalue weighted by molar-refractivity contribution is 6.15. The highest BCUT2D eigenvalue weighted by atomic mass is 19.1. The smallest absolute Gasteiger partial charge is 0.325 e. The molecule has 0 unspecified atom stereocenters. The third-order valence-electron chi connectivity index (χ3n) is 3.76. The summed E-state index contributed by atoms with van der Waals surface area (Å²) in [5, 5.41) is 5.02. The van der Waals surface area contributed by atoms with E-state index < -0.39 is 30.2 Å². The van der Waals surface area contributed by atoms with Gasteiger partial charge in [-0.15, -0.1) is 0 Å². The SMILES string of the molecule is Cc1ccc(NC(=O)CN2C(=O)NC(=Cc3cccc(F)c3)C2=O)cc1. The molecular weight excluding hydrogens is 337 g/mol. The third-order valence-corrected chi connectivity index (χ3v) is 3.76. The topological polar surface area (TPSA) is 78.5 Å². The van der Waals surface area contributed by atoms with Crippen LogP contribution in [0.25, 0.3) is 6.08 Å². The predicted molar refractivity (Wildman–Crippen MR) is 94.4 cm³/mol. The van der Waals surface area contributed by atoms with Crippen LogP contribution >= 0.6 is 0 Å². The van der Waals surface area contributed by atoms with Gasteiger partial charge in [-0.25, -0.2) is 14.1 Å². The fourth-order valence-electron chi connectivity index (χ4n) is 2.46. The van der Waals surface area contributed by atoms with Crippen molar-refractivity contribution >= 4 is 29.6 Å². The van der Waals surface area contributed by atoms with Gasteiger partial charge in [-0.3, -0.25) is 9.59 Å². The lowest BCUT2D eigenvalue weighted by Crippen LogP contribution is -2.38. The van der Waals surface area contributed by atoms with E-state index >= 15 is 0 Å². The number of amides is 4. The zero-order chi connectivity index (χ0) is 18.7. The van der Waals surface area contributed by atoms with Crippen molar-refractivity contribution < 1.29 is 18.8 Å². The third kappa shape index (κ3) is 3.94. The van der Waals surface area contributed by atoms with Gasteiger partial charge in [-0.2, -0.15) is 0 Å². The summed E-state index contributed by atoms with van der Waals surface area (Å²) < 4.78 is 13.2. The summed E-state index contributed by atoms with van der Waals surface area (Å²) in [6, 6.07) is 12.0. The van der Waals surface area contributed by atoms with Crippen LogP contribution in [0.3, 0.4) is 0 Å². The van der Waals surface area contributed by atoms with Crippen molar-refractivity contribution in [2.75, 3.05) is 11.9 Å². The summed E-state index contributed by atoms with van der Waals surface area (Å²) in [7, 11) is 0. The van der Waals surface area contributed by atoms with E-state index in [0.717, 1.165) is 10.5 Å². The Hall–Kier alpha value is -3.48. The summed E-state index contributed by atoms with van der Waals surface area (Å²) in [5.74, 6) is -1.59. The van der Waals surface area contributed by atoms with Crippen molar-refractivity contribution in [3.63, 3.8) is 0 Å². The largest absolute Gasteiger partial charge is 0.329 e. The monoisotopic (exact) mass is 353 g/mol. The van der Waals surface area contributed by atoms with E-state index in [1.807, 2.05) is 19.1 Å². The molecule has 1 saturated heterocycles. The number of carbonyl (C=O) groups excluding carboxylic acids is 3. The van der Waals surface area contributed by atoms with Crippen molar-refractivity contribution in [3.8, 4) is 0 Å². The molecule has 1 fully saturated rings. The molecule has 2 aromatic carbocycles. The number of aryl methyl sites for hydroxylation is 1. The minimum absolute atomic E-state index is 0.0104. The van der Waals surface area contributed by atoms with Crippen LogP contribution in [0.15, 0.2) is 54.2 Å². The van der Waals surface area contributed by atoms with E-state index in [4.69, 9.17) is 0 Å². The minimum Gasteiger partial charge on any atom is -0.325 e. The van der Waals surface area contributed by atoms with Gasteiger partial charge in [-0.1, -0.05) is 29.8 Å². The molecule has 0 saturated carbocycles. The standard InChI is InChI=1S/C19H16FN3O3/c1-12-5-7-15(8-6-12)21-17(24)11-23-18(25)16(22-19(23)26)10-13-3-2-4-14(20)9-13/h2-10H,11H2,1H3,(H,21,24)(H,22,26). The number of hydrogen-bond acceptors (Lipinski definition) is 3. The van der Waals surface area contributed by atoms with E-state index in [-0.39, 0.29) is 5.70 Å². The summed E-state index contributed by atoms with van der Waals surface area (Å²) >= 11 is 0. The first-order valence-electron chi connectivity index (χ1n) is 7.89. The molecule has 0 aromatic heterocycles. The van der Waals surface area contributed by atoms with E-state index in [1.54, 1.807) is 18.2 Å². The second kappa shape index (κ2) is 7.18. The fraction of sp³-hybridized carbons (Fsp3) is 0.105. The molecule has 0 atom stereocenters. The van der Waals surface area contributed by atoms with Crippen LogP contribution in [0.1, 0.15) is 11.1 Å². The van der Waals surface area contributed by atoms with Crippen molar-refractivity contribution in [1.82, 2.24) is 10.2 Å². The number of carbonyl (C=O) groups is 3. The normalized spacial score (nSPS) is 15.3. The van der Waals surface area contributed by atoms with Gasteiger partial charge in [0.2, 0.25) is 5.91 Å². The summed E-state index contributed by atoms with van der Waals surface area (Å²) in [6.45, 7) is 1.50. The zero-order valence-corrected chi connectivity index (χ0v) is 14.0. The van der Waals surface area contributed by atoms with Crippen molar-refractivity contribution in [2.45, 2.75) is 6.92 Å². The Morgan fingerprint density at radius 3 is 2.62 bits per heavy atom. The number of nitrogens with one attached hydrogen (secondary N) is 2. The Kier molecular flexibility index (Phi) is 4.79. The molecule has 26 heavy (non-hydrogen) atoms. The first kappa shape index (κ1) is 17.3. The first-order valence-corrected chi connectivity index (χ1v) is 7.89. The van der Waals surface area contributed by atoms with Gasteiger partial charge < -0.3 is 10.6 Å². The molecule has 6 nitrogen and oxygen atoms in total. The van der Waals surface area contributed by atoms with Gasteiger partial charge in [-0.05, 0) is 42.8 Å². The maximum absolute atomic E-state index is 13.2. The molecule has 0 aliphatic carbocycles. The second-order valence-corrected chi connectivity index (χ2v) is 5.85. The lowest BCUT2D eigenvalue weighted by Gasteiger charge is -2.12. The van der Waals surface area contributed by atoms with Crippen LogP contribution < -0.4 is 10.6 Å². The minimum atomic E-state index is -0.697. The Morgan fingerprint density at radius 2 is 1.92 bits per heavy atom. The summed E-state index contributed by atoms with van der Waals surface area (Å²) in [5.41, 5.74) is 2.04. The van der Waals surface area contributed by atoms with Gasteiger partial charge in [0.15, 0.2) is 0 Å². The van der Waals surface area contributed by atoms with E-state index in [2.05, 4.69) is 10.6 Å². The second-order valence-electron chi connectivity index (χ2n) is 5.85. The highest BCUT2D eigenvalue weighted by Crippen LogP contribution is 2.15. The van der Waals surface area contributed by atoms with Gasteiger partial charge in [0.1, 0.15) is 18.1 Å². The average molecular weight is 353 g/mol. The Labute approximate surface area is 149 Å². The maximum Gasteiger partial charge on any atom is 0.329 e. The quantitative estimate of drug-likeness (QED) is 0.655. The molecule has 0 spiro atoms. The molecule has 0 bridgehead atoms. The lowest BCUT2D eigenvalue weighted by molar-refractivity contribution is -0.127. The molecule has 1 aliphatic rings. The van der Waals surface area contributed by atoms with Gasteiger partial charge in [0.25, 0.3) is 5.91 Å². The van der Waals surface area contributed by atoms with Crippen LogP contribution in [-0.2, 0) is 9.59 Å². The Bertz CT molecular complexity index is 907. The molecular formula is C19H16FN3O3. The van der Waals surface area contributed by atoms with Crippen LogP contribution in [0.4, 0.5) is 14.9 Å². The van der Waals surface area contributed by atoms with Gasteiger partial charge in [0.05, 0.1) is 0 Å². The molecule has 2 N–H and O–H groups in total. The van der Waals surface area contributed by atoms with Crippen molar-refractivity contribution in [1.29, 1.82) is 0 Å². The number of hydrogen-bond donors (Lipinski definition) is 2. The van der Waals surface area contributed by atoms with Crippen LogP contribution in [0.2, 0.25) is 0 Å². The van der Waals surface area contributed by atoms with Crippen LogP contribution in [0, 0.1) is 12.7 Å². The molecule has 0 radical (unpaired) electrons. The predicted octanol–water partition coefficient (Wildman–Crippen LogP) is 2.67. The maximum atomic E-state index is 13.2. The lowest BCUT2D eigenvalue weighted by atomic mass is 10.2. The number of urea groups is 1. The summed E-state index contributed by atoms with van der Waals surface area (Å²) in [6.07, 6.45) is 1.36. The van der Waals surface area contributed by atoms with Gasteiger partial charge >= 0.3 is 6.03 Å². The van der Waals surface area contributed by atoms with E-state index in [9.17, 15) is 18.8 Å². The van der Waals surface area contributed by atoms with Crippen molar-refractivity contribution in [2.24, 2.45) is 0 Å². The molecule has 4 amide bonds. The number of imide groups is 1. The first-order chi connectivity index (χ1) is 12.4. The zero-order valence-electron chi connectivity index (χ0n) is 14.0. The number of rotatable bonds is 4. The Morgan fingerprint density at radius 1 is 1.19 bits per heavy atom.